The van der Waals surface area contributed by atoms with Gasteiger partial charge < -0.3 is 14.5 Å². The number of hydrogen-bond acceptors (Lipinski definition) is 5. The summed E-state index contributed by atoms with van der Waals surface area (Å²) < 4.78 is 7.89. The number of likely N-dealkylation sites (N-methyl/N-ethyl adjacent to an activating group) is 1. The molecular formula is C22H25N5O2. The number of carbonyl (C=O) groups is 1. The number of nitrogens with zero attached hydrogens (tertiary/aromatic N) is 5. The molecule has 7 nitrogen and oxygen atoms in total. The molecule has 2 heterocycles. The molecule has 0 bridgehead atoms. The van der Waals surface area contributed by atoms with Gasteiger partial charge in [0, 0.05) is 24.3 Å². The molecule has 150 valence electrons. The second-order valence-electron chi connectivity index (χ2n) is 7.45. The number of rotatable bonds is 5. The van der Waals surface area contributed by atoms with Gasteiger partial charge in [0.25, 0.3) is 5.91 Å². The Hall–Kier alpha value is -3.03. The quantitative estimate of drug-likeness (QED) is 0.668. The molecule has 1 saturated heterocycles. The maximum Gasteiger partial charge on any atom is 0.254 e. The molecule has 4 rings (SSSR count). The molecule has 2 atom stereocenters. The van der Waals surface area contributed by atoms with Crippen molar-refractivity contribution in [2.24, 2.45) is 0 Å². The molecule has 0 unspecified atom stereocenters. The van der Waals surface area contributed by atoms with E-state index in [-0.39, 0.29) is 18.1 Å². The molecule has 1 aliphatic heterocycles. The largest absolute Gasteiger partial charge is 0.373 e. The fourth-order valence-electron chi connectivity index (χ4n) is 3.82. The van der Waals surface area contributed by atoms with Gasteiger partial charge in [0.1, 0.15) is 12.7 Å². The number of hydrogen-bond donors (Lipinski definition) is 0. The van der Waals surface area contributed by atoms with Crippen LogP contribution in [-0.2, 0) is 4.74 Å². The molecule has 1 amide bonds. The first-order chi connectivity index (χ1) is 14.1. The molecular weight excluding hydrogens is 366 g/mol. The van der Waals surface area contributed by atoms with Crippen molar-refractivity contribution < 1.29 is 9.53 Å². The van der Waals surface area contributed by atoms with E-state index in [4.69, 9.17) is 4.74 Å². The van der Waals surface area contributed by atoms with Crippen molar-refractivity contribution in [3.05, 3.63) is 78.4 Å². The summed E-state index contributed by atoms with van der Waals surface area (Å²) in [4.78, 5) is 17.6. The van der Waals surface area contributed by atoms with Gasteiger partial charge in [0.15, 0.2) is 0 Å². The Kier molecular flexibility index (Phi) is 5.69. The molecule has 29 heavy (non-hydrogen) atoms. The second kappa shape index (κ2) is 8.55. The first kappa shape index (κ1) is 19.3. The minimum absolute atomic E-state index is 0.000772. The average molecular weight is 391 g/mol. The Morgan fingerprint density at radius 2 is 1.86 bits per heavy atom. The maximum absolute atomic E-state index is 13.6. The van der Waals surface area contributed by atoms with Gasteiger partial charge in [-0.25, -0.2) is 0 Å². The zero-order chi connectivity index (χ0) is 20.2. The number of morpholine rings is 1. The lowest BCUT2D eigenvalue weighted by molar-refractivity contribution is -0.0684. The molecule has 3 aromatic rings. The highest BCUT2D eigenvalue weighted by Gasteiger charge is 2.37. The van der Waals surface area contributed by atoms with Gasteiger partial charge in [-0.2, -0.15) is 0 Å². The first-order valence-corrected chi connectivity index (χ1v) is 9.71. The first-order valence-electron chi connectivity index (χ1n) is 9.71. The van der Waals surface area contributed by atoms with Crippen LogP contribution in [0.1, 0.15) is 22.0 Å². The van der Waals surface area contributed by atoms with Crippen LogP contribution in [0.15, 0.2) is 67.3 Å². The maximum atomic E-state index is 13.6. The zero-order valence-electron chi connectivity index (χ0n) is 16.7. The van der Waals surface area contributed by atoms with Gasteiger partial charge in [0.05, 0.1) is 18.8 Å². The van der Waals surface area contributed by atoms with E-state index in [0.29, 0.717) is 18.7 Å². The van der Waals surface area contributed by atoms with Gasteiger partial charge >= 0.3 is 0 Å². The van der Waals surface area contributed by atoms with E-state index in [9.17, 15) is 4.79 Å². The zero-order valence-corrected chi connectivity index (χ0v) is 16.7. The molecule has 1 fully saturated rings. The van der Waals surface area contributed by atoms with Gasteiger partial charge in [-0.15, -0.1) is 10.2 Å². The van der Waals surface area contributed by atoms with Crippen molar-refractivity contribution in [3.63, 3.8) is 0 Å². The third-order valence-electron chi connectivity index (χ3n) is 5.11. The minimum atomic E-state index is -0.140. The van der Waals surface area contributed by atoms with E-state index in [2.05, 4.69) is 27.2 Å². The van der Waals surface area contributed by atoms with Gasteiger partial charge in [-0.05, 0) is 37.9 Å². The fourth-order valence-corrected chi connectivity index (χ4v) is 3.82. The normalized spacial score (nSPS) is 19.5. The molecule has 0 spiro atoms. The van der Waals surface area contributed by atoms with Crippen LogP contribution < -0.4 is 0 Å². The summed E-state index contributed by atoms with van der Waals surface area (Å²) in [6.07, 6.45) is 3.15. The molecule has 0 N–H and O–H groups in total. The van der Waals surface area contributed by atoms with E-state index in [1.807, 2.05) is 61.5 Å². The van der Waals surface area contributed by atoms with E-state index < -0.39 is 0 Å². The Labute approximate surface area is 170 Å². The van der Waals surface area contributed by atoms with E-state index in [1.54, 1.807) is 17.2 Å². The lowest BCUT2D eigenvalue weighted by atomic mass is 9.96. The fraction of sp³-hybridized carbons (Fsp3) is 0.318. The summed E-state index contributed by atoms with van der Waals surface area (Å²) in [5.41, 5.74) is 2.58. The molecule has 7 heteroatoms. The van der Waals surface area contributed by atoms with Gasteiger partial charge in [-0.3, -0.25) is 9.36 Å². The summed E-state index contributed by atoms with van der Waals surface area (Å²) in [5.74, 6) is 0.000772. The molecule has 1 aliphatic rings. The van der Waals surface area contributed by atoms with Crippen LogP contribution in [0.25, 0.3) is 5.69 Å². The van der Waals surface area contributed by atoms with Crippen LogP contribution in [0, 0.1) is 0 Å². The van der Waals surface area contributed by atoms with E-state index in [0.717, 1.165) is 17.8 Å². The monoisotopic (exact) mass is 391 g/mol. The number of benzene rings is 2. The lowest BCUT2D eigenvalue weighted by Gasteiger charge is -2.42. The molecule has 0 radical (unpaired) electrons. The van der Waals surface area contributed by atoms with Gasteiger partial charge in [0.2, 0.25) is 0 Å². The van der Waals surface area contributed by atoms with Crippen LogP contribution in [0.5, 0.6) is 0 Å². The van der Waals surface area contributed by atoms with Crippen LogP contribution >= 0.6 is 0 Å². The standard InChI is InChI=1S/C22H25N5O2/c1-25(2)14-20-21(17-7-4-3-5-8-17)27(11-12-29-20)22(28)18-9-6-10-19(13-18)26-15-23-24-16-26/h3-10,13,15-16,20-21H,11-12,14H2,1-2H3/t20-,21-/m0/s1. The summed E-state index contributed by atoms with van der Waals surface area (Å²) in [6, 6.07) is 17.5. The predicted octanol–water partition coefficient (Wildman–Crippen LogP) is 2.41. The predicted molar refractivity (Wildman–Crippen MR) is 110 cm³/mol. The molecule has 0 saturated carbocycles. The molecule has 0 aliphatic carbocycles. The summed E-state index contributed by atoms with van der Waals surface area (Å²) >= 11 is 0. The number of ether oxygens (including phenoxy) is 1. The van der Waals surface area contributed by atoms with Crippen LogP contribution in [0.4, 0.5) is 0 Å². The van der Waals surface area contributed by atoms with Crippen molar-refractivity contribution in [3.8, 4) is 5.69 Å². The highest BCUT2D eigenvalue weighted by molar-refractivity contribution is 5.95. The highest BCUT2D eigenvalue weighted by Crippen LogP contribution is 2.31. The van der Waals surface area contributed by atoms with Crippen molar-refractivity contribution in [1.82, 2.24) is 24.6 Å². The Morgan fingerprint density at radius 1 is 1.10 bits per heavy atom. The average Bonchev–Trinajstić information content (AvgIpc) is 3.28. The van der Waals surface area contributed by atoms with Crippen molar-refractivity contribution in [1.29, 1.82) is 0 Å². The lowest BCUT2D eigenvalue weighted by Crippen LogP contribution is -2.51. The third kappa shape index (κ3) is 4.21. The summed E-state index contributed by atoms with van der Waals surface area (Å²) in [6.45, 7) is 1.82. The van der Waals surface area contributed by atoms with E-state index in [1.165, 1.54) is 0 Å². The van der Waals surface area contributed by atoms with Gasteiger partial charge in [-0.1, -0.05) is 36.4 Å². The van der Waals surface area contributed by atoms with Crippen molar-refractivity contribution in [2.45, 2.75) is 12.1 Å². The Morgan fingerprint density at radius 3 is 2.59 bits per heavy atom. The van der Waals surface area contributed by atoms with E-state index >= 15 is 0 Å². The second-order valence-corrected chi connectivity index (χ2v) is 7.45. The Balaban J connectivity index is 1.67. The SMILES string of the molecule is CN(C)C[C@@H]1OCCN(C(=O)c2cccc(-n3cnnc3)c2)[C@H]1c1ccccc1. The molecule has 2 aromatic carbocycles. The molecule has 1 aromatic heterocycles. The highest BCUT2D eigenvalue weighted by atomic mass is 16.5. The number of aromatic nitrogens is 3. The summed E-state index contributed by atoms with van der Waals surface area (Å²) in [5, 5.41) is 7.70. The summed E-state index contributed by atoms with van der Waals surface area (Å²) in [7, 11) is 4.05. The third-order valence-corrected chi connectivity index (χ3v) is 5.11. The van der Waals surface area contributed by atoms with Crippen LogP contribution in [0.3, 0.4) is 0 Å². The van der Waals surface area contributed by atoms with Crippen molar-refractivity contribution >= 4 is 5.91 Å². The number of amides is 1. The van der Waals surface area contributed by atoms with Crippen LogP contribution in [-0.4, -0.2) is 70.4 Å². The smallest absolute Gasteiger partial charge is 0.254 e. The Bertz CT molecular complexity index is 943. The minimum Gasteiger partial charge on any atom is -0.373 e. The number of carbonyl (C=O) groups excluding carboxylic acids is 1. The van der Waals surface area contributed by atoms with Crippen molar-refractivity contribution in [2.75, 3.05) is 33.8 Å². The topological polar surface area (TPSA) is 63.5 Å². The van der Waals surface area contributed by atoms with Crippen LogP contribution in [0.2, 0.25) is 0 Å².